The molecular formula is C12H13FN4. The molecule has 2 N–H and O–H groups in total. The predicted octanol–water partition coefficient (Wildman–Crippen LogP) is 2.31. The third-order valence-corrected chi connectivity index (χ3v) is 3.01. The molecule has 0 amide bonds. The number of aryl methyl sites for hydroxylation is 1. The van der Waals surface area contributed by atoms with Crippen LogP contribution < -0.4 is 5.73 Å². The smallest absolute Gasteiger partial charge is 0.167 e. The lowest BCUT2D eigenvalue weighted by atomic mass is 10.1. The maximum atomic E-state index is 13.8. The fraction of sp³-hybridized carbons (Fsp3) is 0.333. The summed E-state index contributed by atoms with van der Waals surface area (Å²) in [6.07, 6.45) is 2.21. The minimum atomic E-state index is -0.312. The number of hydrogen-bond donors (Lipinski definition) is 1. The van der Waals surface area contributed by atoms with E-state index < -0.39 is 0 Å². The van der Waals surface area contributed by atoms with Crippen molar-refractivity contribution in [1.29, 1.82) is 0 Å². The van der Waals surface area contributed by atoms with Gasteiger partial charge < -0.3 is 10.3 Å². The molecule has 4 nitrogen and oxygen atoms in total. The van der Waals surface area contributed by atoms with Gasteiger partial charge in [-0.25, -0.2) is 4.39 Å². The fourth-order valence-electron chi connectivity index (χ4n) is 2.04. The Balaban J connectivity index is 2.17. The van der Waals surface area contributed by atoms with E-state index in [0.29, 0.717) is 23.1 Å². The van der Waals surface area contributed by atoms with Crippen LogP contribution in [0, 0.1) is 12.7 Å². The molecule has 1 fully saturated rings. The standard InChI is InChI=1S/C12H13FN4/c1-7-15-16-12(17(7)9-3-4-9)10-6-8(14)2-5-11(10)13/h2,5-6,9H,3-4,14H2,1H3. The fourth-order valence-corrected chi connectivity index (χ4v) is 2.04. The van der Waals surface area contributed by atoms with Gasteiger partial charge in [-0.15, -0.1) is 10.2 Å². The first kappa shape index (κ1) is 10.3. The Hall–Kier alpha value is -1.91. The molecule has 0 bridgehead atoms. The largest absolute Gasteiger partial charge is 0.399 e. The minimum Gasteiger partial charge on any atom is -0.399 e. The Morgan fingerprint density at radius 1 is 1.35 bits per heavy atom. The van der Waals surface area contributed by atoms with Crippen LogP contribution in [0.3, 0.4) is 0 Å². The van der Waals surface area contributed by atoms with Crippen molar-refractivity contribution in [2.75, 3.05) is 5.73 Å². The van der Waals surface area contributed by atoms with Crippen molar-refractivity contribution in [3.63, 3.8) is 0 Å². The first-order chi connectivity index (χ1) is 8.16. The molecule has 0 saturated heterocycles. The van der Waals surface area contributed by atoms with Crippen LogP contribution in [-0.2, 0) is 0 Å². The molecule has 0 spiro atoms. The summed E-state index contributed by atoms with van der Waals surface area (Å²) in [6.45, 7) is 1.89. The van der Waals surface area contributed by atoms with E-state index in [1.807, 2.05) is 11.5 Å². The van der Waals surface area contributed by atoms with E-state index in [-0.39, 0.29) is 5.82 Å². The van der Waals surface area contributed by atoms with Crippen LogP contribution >= 0.6 is 0 Å². The molecule has 1 aliphatic carbocycles. The number of nitrogens with zero attached hydrogens (tertiary/aromatic N) is 3. The van der Waals surface area contributed by atoms with E-state index in [4.69, 9.17) is 5.73 Å². The lowest BCUT2D eigenvalue weighted by Crippen LogP contribution is -2.01. The zero-order chi connectivity index (χ0) is 12.0. The Labute approximate surface area is 98.3 Å². The quantitative estimate of drug-likeness (QED) is 0.808. The van der Waals surface area contributed by atoms with Crippen molar-refractivity contribution in [1.82, 2.24) is 14.8 Å². The molecule has 0 aliphatic heterocycles. The summed E-state index contributed by atoms with van der Waals surface area (Å²) in [5, 5.41) is 8.10. The number of hydrogen-bond acceptors (Lipinski definition) is 3. The third kappa shape index (κ3) is 1.67. The lowest BCUT2D eigenvalue weighted by molar-refractivity contribution is 0.626. The molecular weight excluding hydrogens is 219 g/mol. The summed E-state index contributed by atoms with van der Waals surface area (Å²) in [6, 6.07) is 4.94. The summed E-state index contributed by atoms with van der Waals surface area (Å²) in [4.78, 5) is 0. The average Bonchev–Trinajstić information content (AvgIpc) is 3.06. The second kappa shape index (κ2) is 3.55. The van der Waals surface area contributed by atoms with E-state index >= 15 is 0 Å². The number of halogens is 1. The summed E-state index contributed by atoms with van der Waals surface area (Å²) >= 11 is 0. The molecule has 0 radical (unpaired) electrons. The summed E-state index contributed by atoms with van der Waals surface area (Å²) < 4.78 is 15.8. The van der Waals surface area contributed by atoms with Gasteiger partial charge in [0.1, 0.15) is 11.6 Å². The van der Waals surface area contributed by atoms with Crippen LogP contribution in [0.15, 0.2) is 18.2 Å². The van der Waals surface area contributed by atoms with Gasteiger partial charge >= 0.3 is 0 Å². The van der Waals surface area contributed by atoms with Crippen LogP contribution in [0.5, 0.6) is 0 Å². The molecule has 5 heteroatoms. The molecule has 1 aliphatic rings. The SMILES string of the molecule is Cc1nnc(-c2cc(N)ccc2F)n1C1CC1. The number of aromatic nitrogens is 3. The van der Waals surface area contributed by atoms with Crippen molar-refractivity contribution in [3.8, 4) is 11.4 Å². The molecule has 0 unspecified atom stereocenters. The minimum absolute atomic E-state index is 0.312. The topological polar surface area (TPSA) is 56.7 Å². The van der Waals surface area contributed by atoms with Crippen molar-refractivity contribution < 1.29 is 4.39 Å². The lowest BCUT2D eigenvalue weighted by Gasteiger charge is -2.08. The number of rotatable bonds is 2. The Kier molecular flexibility index (Phi) is 2.14. The summed E-state index contributed by atoms with van der Waals surface area (Å²) in [5.41, 5.74) is 6.65. The van der Waals surface area contributed by atoms with Crippen molar-refractivity contribution in [2.24, 2.45) is 0 Å². The van der Waals surface area contributed by atoms with Gasteiger partial charge in [-0.2, -0.15) is 0 Å². The predicted molar refractivity (Wildman–Crippen MR) is 62.8 cm³/mol. The number of nitrogen functional groups attached to an aromatic ring is 1. The van der Waals surface area contributed by atoms with E-state index in [0.717, 1.165) is 18.7 Å². The Morgan fingerprint density at radius 3 is 2.82 bits per heavy atom. The third-order valence-electron chi connectivity index (χ3n) is 3.01. The highest BCUT2D eigenvalue weighted by Crippen LogP contribution is 2.39. The zero-order valence-electron chi connectivity index (χ0n) is 9.52. The highest BCUT2D eigenvalue weighted by atomic mass is 19.1. The molecule has 1 saturated carbocycles. The normalized spacial score (nSPS) is 15.2. The summed E-state index contributed by atoms with van der Waals surface area (Å²) in [5.74, 6) is 1.09. The van der Waals surface area contributed by atoms with Crippen molar-refractivity contribution in [2.45, 2.75) is 25.8 Å². The molecule has 17 heavy (non-hydrogen) atoms. The highest BCUT2D eigenvalue weighted by molar-refractivity contribution is 5.62. The average molecular weight is 232 g/mol. The van der Waals surface area contributed by atoms with Crippen LogP contribution in [0.25, 0.3) is 11.4 Å². The molecule has 88 valence electrons. The first-order valence-electron chi connectivity index (χ1n) is 5.63. The van der Waals surface area contributed by atoms with Gasteiger partial charge in [0, 0.05) is 11.7 Å². The molecule has 2 aromatic rings. The van der Waals surface area contributed by atoms with Gasteiger partial charge in [0.05, 0.1) is 5.56 Å². The zero-order valence-corrected chi connectivity index (χ0v) is 9.52. The van der Waals surface area contributed by atoms with Gasteiger partial charge in [-0.05, 0) is 38.0 Å². The maximum Gasteiger partial charge on any atom is 0.167 e. The first-order valence-corrected chi connectivity index (χ1v) is 5.63. The second-order valence-electron chi connectivity index (χ2n) is 4.41. The van der Waals surface area contributed by atoms with Crippen molar-refractivity contribution in [3.05, 3.63) is 29.8 Å². The van der Waals surface area contributed by atoms with Gasteiger partial charge in [0.2, 0.25) is 0 Å². The van der Waals surface area contributed by atoms with E-state index in [2.05, 4.69) is 10.2 Å². The van der Waals surface area contributed by atoms with Gasteiger partial charge in [0.15, 0.2) is 5.82 Å². The van der Waals surface area contributed by atoms with Crippen LogP contribution in [0.1, 0.15) is 24.7 Å². The monoisotopic (exact) mass is 232 g/mol. The Bertz CT molecular complexity index is 572. The van der Waals surface area contributed by atoms with E-state index in [1.54, 1.807) is 12.1 Å². The second-order valence-corrected chi connectivity index (χ2v) is 4.41. The van der Waals surface area contributed by atoms with Gasteiger partial charge in [-0.3, -0.25) is 0 Å². The molecule has 3 rings (SSSR count). The van der Waals surface area contributed by atoms with Crippen LogP contribution in [-0.4, -0.2) is 14.8 Å². The highest BCUT2D eigenvalue weighted by Gasteiger charge is 2.29. The van der Waals surface area contributed by atoms with Gasteiger partial charge in [0.25, 0.3) is 0 Å². The molecule has 0 atom stereocenters. The summed E-state index contributed by atoms with van der Waals surface area (Å²) in [7, 11) is 0. The van der Waals surface area contributed by atoms with E-state index in [1.165, 1.54) is 6.07 Å². The van der Waals surface area contributed by atoms with E-state index in [9.17, 15) is 4.39 Å². The Morgan fingerprint density at radius 2 is 2.12 bits per heavy atom. The van der Waals surface area contributed by atoms with Crippen LogP contribution in [0.4, 0.5) is 10.1 Å². The number of nitrogens with two attached hydrogens (primary N) is 1. The molecule has 1 aromatic carbocycles. The van der Waals surface area contributed by atoms with Crippen LogP contribution in [0.2, 0.25) is 0 Å². The molecule has 1 aromatic heterocycles. The number of anilines is 1. The maximum absolute atomic E-state index is 13.8. The van der Waals surface area contributed by atoms with Crippen molar-refractivity contribution >= 4 is 5.69 Å². The number of benzene rings is 1. The van der Waals surface area contributed by atoms with Gasteiger partial charge in [-0.1, -0.05) is 0 Å². The molecule has 1 heterocycles.